The number of halogens is 3. The predicted octanol–water partition coefficient (Wildman–Crippen LogP) is 14.2. The van der Waals surface area contributed by atoms with Gasteiger partial charge in [0.1, 0.15) is 5.60 Å². The summed E-state index contributed by atoms with van der Waals surface area (Å²) < 4.78 is 3.05. The molecule has 0 bridgehead atoms. The van der Waals surface area contributed by atoms with Crippen LogP contribution in [0, 0.1) is 0 Å². The van der Waals surface area contributed by atoms with Crippen molar-refractivity contribution >= 4 is 53.6 Å². The molecule has 2 aliphatic carbocycles. The zero-order valence-corrected chi connectivity index (χ0v) is 34.2. The Balaban J connectivity index is 0.000000129. The van der Waals surface area contributed by atoms with Gasteiger partial charge in [0.05, 0.1) is 0 Å². The van der Waals surface area contributed by atoms with Gasteiger partial charge in [-0.3, -0.25) is 4.79 Å². The van der Waals surface area contributed by atoms with E-state index in [1.807, 2.05) is 127 Å². The second-order valence-electron chi connectivity index (χ2n) is 13.3. The molecule has 8 aromatic carbocycles. The molecule has 55 heavy (non-hydrogen) atoms. The van der Waals surface area contributed by atoms with Crippen molar-refractivity contribution in [1.82, 2.24) is 0 Å². The third-order valence-electron chi connectivity index (χ3n) is 10.0. The van der Waals surface area contributed by atoms with Crippen molar-refractivity contribution < 1.29 is 9.90 Å². The number of carbonyl (C=O) groups excluding carboxylic acids is 1. The first-order valence-corrected chi connectivity index (χ1v) is 20.2. The maximum atomic E-state index is 12.2. The van der Waals surface area contributed by atoms with Crippen LogP contribution in [0.2, 0.25) is 0 Å². The number of fused-ring (bicyclic) bond motifs is 6. The maximum Gasteiger partial charge on any atom is 0.194 e. The molecule has 1 N–H and O–H groups in total. The lowest BCUT2D eigenvalue weighted by Crippen LogP contribution is -2.27. The molecule has 8 aromatic rings. The molecule has 0 fully saturated rings. The molecular formula is C50H33Br3O2. The quantitative estimate of drug-likeness (QED) is 0.192. The minimum absolute atomic E-state index is 0.127. The van der Waals surface area contributed by atoms with Crippen molar-refractivity contribution in [3.63, 3.8) is 0 Å². The molecule has 10 rings (SSSR count). The van der Waals surface area contributed by atoms with E-state index in [9.17, 15) is 9.90 Å². The van der Waals surface area contributed by atoms with Crippen LogP contribution in [0.5, 0.6) is 0 Å². The van der Waals surface area contributed by atoms with E-state index in [-0.39, 0.29) is 5.78 Å². The number of hydrogen-bond donors (Lipinski definition) is 1. The topological polar surface area (TPSA) is 37.3 Å². The summed E-state index contributed by atoms with van der Waals surface area (Å²) in [6, 6.07) is 64.9. The fraction of sp³-hybridized carbons (Fsp3) is 0.0200. The highest BCUT2D eigenvalue weighted by molar-refractivity contribution is 9.11. The molecule has 0 heterocycles. The van der Waals surface area contributed by atoms with Gasteiger partial charge in [0, 0.05) is 41.2 Å². The largest absolute Gasteiger partial charge is 0.376 e. The van der Waals surface area contributed by atoms with Gasteiger partial charge in [-0.1, -0.05) is 212 Å². The summed E-state index contributed by atoms with van der Waals surface area (Å²) >= 11 is 10.5. The molecule has 0 saturated carbocycles. The number of benzene rings is 8. The van der Waals surface area contributed by atoms with Crippen molar-refractivity contribution in [2.75, 3.05) is 0 Å². The van der Waals surface area contributed by atoms with E-state index in [2.05, 4.69) is 115 Å². The Hall–Kier alpha value is -5.17. The molecule has 1 atom stereocenters. The van der Waals surface area contributed by atoms with Gasteiger partial charge in [0.2, 0.25) is 0 Å². The first-order chi connectivity index (χ1) is 26.8. The summed E-state index contributed by atoms with van der Waals surface area (Å²) in [5.74, 6) is 0.127. The van der Waals surface area contributed by atoms with Gasteiger partial charge in [-0.2, -0.15) is 0 Å². The molecule has 0 spiro atoms. The van der Waals surface area contributed by atoms with E-state index in [0.29, 0.717) is 0 Å². The van der Waals surface area contributed by atoms with Crippen molar-refractivity contribution in [2.24, 2.45) is 0 Å². The lowest BCUT2D eigenvalue weighted by molar-refractivity contribution is 0.104. The lowest BCUT2D eigenvalue weighted by atomic mass is 9.80. The number of rotatable bonds is 3. The summed E-state index contributed by atoms with van der Waals surface area (Å²) in [6.07, 6.45) is 0. The van der Waals surface area contributed by atoms with Crippen molar-refractivity contribution in [3.05, 3.63) is 235 Å². The van der Waals surface area contributed by atoms with Crippen LogP contribution >= 0.6 is 47.8 Å². The molecule has 2 aliphatic rings. The molecule has 2 nitrogen and oxygen atoms in total. The van der Waals surface area contributed by atoms with E-state index < -0.39 is 5.60 Å². The van der Waals surface area contributed by atoms with Gasteiger partial charge in [0.15, 0.2) is 5.78 Å². The Morgan fingerprint density at radius 3 is 1.40 bits per heavy atom. The molecule has 1 unspecified atom stereocenters. The Morgan fingerprint density at radius 1 is 0.345 bits per heavy atom. The molecule has 0 aliphatic heterocycles. The summed E-state index contributed by atoms with van der Waals surface area (Å²) in [7, 11) is 0. The van der Waals surface area contributed by atoms with Crippen LogP contribution in [-0.4, -0.2) is 10.9 Å². The van der Waals surface area contributed by atoms with Gasteiger partial charge in [-0.15, -0.1) is 0 Å². The average molecular weight is 906 g/mol. The first-order valence-electron chi connectivity index (χ1n) is 17.9. The summed E-state index contributed by atoms with van der Waals surface area (Å²) in [5.41, 5.74) is 12.1. The number of carbonyl (C=O) groups is 1. The Kier molecular flexibility index (Phi) is 10.6. The fourth-order valence-corrected chi connectivity index (χ4v) is 8.74. The van der Waals surface area contributed by atoms with Crippen LogP contribution in [0.3, 0.4) is 0 Å². The number of hydrogen-bond acceptors (Lipinski definition) is 2. The van der Waals surface area contributed by atoms with Gasteiger partial charge in [-0.25, -0.2) is 0 Å². The third kappa shape index (κ3) is 7.10. The average Bonchev–Trinajstić information content (AvgIpc) is 3.66. The second-order valence-corrected chi connectivity index (χ2v) is 16.0. The first kappa shape index (κ1) is 36.8. The molecule has 0 radical (unpaired) electrons. The van der Waals surface area contributed by atoms with E-state index in [1.54, 1.807) is 0 Å². The predicted molar refractivity (Wildman–Crippen MR) is 236 cm³/mol. The van der Waals surface area contributed by atoms with Gasteiger partial charge >= 0.3 is 0 Å². The highest BCUT2D eigenvalue weighted by Gasteiger charge is 2.44. The zero-order valence-electron chi connectivity index (χ0n) is 29.5. The molecule has 266 valence electrons. The second kappa shape index (κ2) is 15.9. The lowest BCUT2D eigenvalue weighted by Gasteiger charge is -2.29. The zero-order chi connectivity index (χ0) is 37.9. The number of ketones is 1. The van der Waals surface area contributed by atoms with Crippen molar-refractivity contribution in [2.45, 2.75) is 5.60 Å². The molecule has 0 saturated heterocycles. The monoisotopic (exact) mass is 902 g/mol. The van der Waals surface area contributed by atoms with Crippen LogP contribution in [-0.2, 0) is 5.60 Å². The van der Waals surface area contributed by atoms with Gasteiger partial charge < -0.3 is 5.11 Å². The van der Waals surface area contributed by atoms with Gasteiger partial charge in [-0.05, 0) is 74.8 Å². The molecule has 0 aromatic heterocycles. The maximum absolute atomic E-state index is 12.2. The van der Waals surface area contributed by atoms with E-state index in [0.717, 1.165) is 74.6 Å². The van der Waals surface area contributed by atoms with Gasteiger partial charge in [0.25, 0.3) is 0 Å². The molecule has 0 amide bonds. The van der Waals surface area contributed by atoms with Crippen LogP contribution < -0.4 is 0 Å². The minimum atomic E-state index is -1.19. The summed E-state index contributed by atoms with van der Waals surface area (Å²) in [5, 5.41) is 12.2. The van der Waals surface area contributed by atoms with Crippen LogP contribution in [0.4, 0.5) is 0 Å². The fourth-order valence-electron chi connectivity index (χ4n) is 7.50. The SMILES string of the molecule is Brc1ccccc1-c1ccccc1.O=C1c2ccccc2-c2ccc(Br)cc21.OC1(c2ccccc2-c2ccccc2)c2ccccc2-c2ccc(Br)cc21. The Morgan fingerprint density at radius 2 is 0.764 bits per heavy atom. The third-order valence-corrected chi connectivity index (χ3v) is 11.7. The molecule has 5 heteroatoms. The van der Waals surface area contributed by atoms with Crippen LogP contribution in [0.25, 0.3) is 44.5 Å². The molecular weight excluding hydrogens is 872 g/mol. The van der Waals surface area contributed by atoms with E-state index in [4.69, 9.17) is 0 Å². The Labute approximate surface area is 346 Å². The summed E-state index contributed by atoms with van der Waals surface area (Å²) in [6.45, 7) is 0. The highest BCUT2D eigenvalue weighted by atomic mass is 79.9. The smallest absolute Gasteiger partial charge is 0.194 e. The number of aliphatic hydroxyl groups is 1. The van der Waals surface area contributed by atoms with Crippen molar-refractivity contribution in [1.29, 1.82) is 0 Å². The minimum Gasteiger partial charge on any atom is -0.376 e. The van der Waals surface area contributed by atoms with E-state index in [1.165, 1.54) is 11.1 Å². The standard InChI is InChI=1S/C25H17BrO.C13H7BrO.C12H9Br/c26-18-14-15-21-20-11-5-7-13-23(20)25(27,24(21)16-18)22-12-6-4-10-19(22)17-8-2-1-3-9-17;14-8-5-6-10-9-3-1-2-4-11(9)13(15)12(10)7-8;13-12-9-5-4-8-11(12)10-6-2-1-3-7-10/h1-16,27H;1-7H;1-9H. The highest BCUT2D eigenvalue weighted by Crippen LogP contribution is 2.53. The van der Waals surface area contributed by atoms with E-state index >= 15 is 0 Å². The van der Waals surface area contributed by atoms with Crippen LogP contribution in [0.15, 0.2) is 208 Å². The van der Waals surface area contributed by atoms with Crippen LogP contribution in [0.1, 0.15) is 32.6 Å². The van der Waals surface area contributed by atoms with Crippen molar-refractivity contribution in [3.8, 4) is 44.5 Å². The summed E-state index contributed by atoms with van der Waals surface area (Å²) in [4.78, 5) is 12.0. The Bertz CT molecular complexity index is 2670. The normalized spacial score (nSPS) is 14.3.